The molecule has 0 radical (unpaired) electrons. The van der Waals surface area contributed by atoms with Gasteiger partial charge in [-0.25, -0.2) is 13.8 Å². The number of anilines is 1. The fourth-order valence-electron chi connectivity index (χ4n) is 4.37. The number of H-pyrrole nitrogens is 1. The fourth-order valence-corrected chi connectivity index (χ4v) is 5.58. The zero-order valence-electron chi connectivity index (χ0n) is 21.2. The summed E-state index contributed by atoms with van der Waals surface area (Å²) in [5.74, 6) is -0.878. The largest absolute Gasteiger partial charge is 0.495 e. The van der Waals surface area contributed by atoms with Crippen molar-refractivity contribution in [3.05, 3.63) is 82.0 Å². The summed E-state index contributed by atoms with van der Waals surface area (Å²) < 4.78 is 62.4. The van der Waals surface area contributed by atoms with Crippen LogP contribution in [0.5, 0.6) is 5.75 Å². The zero-order valence-corrected chi connectivity index (χ0v) is 22.1. The van der Waals surface area contributed by atoms with Gasteiger partial charge >= 0.3 is 10.2 Å². The molecule has 2 N–H and O–H groups in total. The second kappa shape index (κ2) is 10.7. The van der Waals surface area contributed by atoms with Gasteiger partial charge in [-0.1, -0.05) is 6.07 Å². The first-order valence-corrected chi connectivity index (χ1v) is 13.5. The predicted octanol–water partition coefficient (Wildman–Crippen LogP) is 2.77. The minimum atomic E-state index is -3.85. The average molecular weight is 557 g/mol. The van der Waals surface area contributed by atoms with E-state index in [1.165, 1.54) is 41.9 Å². The van der Waals surface area contributed by atoms with Crippen molar-refractivity contribution in [1.82, 2.24) is 24.2 Å². The smallest absolute Gasteiger partial charge is 0.301 e. The highest BCUT2D eigenvalue weighted by atomic mass is 32.2. The lowest BCUT2D eigenvalue weighted by Crippen LogP contribution is -2.48. The molecule has 4 aromatic rings. The van der Waals surface area contributed by atoms with Gasteiger partial charge in [0.1, 0.15) is 23.2 Å². The first-order chi connectivity index (χ1) is 18.6. The Hall–Kier alpha value is -3.94. The zero-order chi connectivity index (χ0) is 27.7. The number of fused-ring (bicyclic) bond motifs is 1. The van der Waals surface area contributed by atoms with Gasteiger partial charge in [0.15, 0.2) is 0 Å². The molecule has 1 aliphatic rings. The Morgan fingerprint density at radius 3 is 2.41 bits per heavy atom. The van der Waals surface area contributed by atoms with Crippen molar-refractivity contribution in [3.8, 4) is 17.0 Å². The van der Waals surface area contributed by atoms with Crippen LogP contribution in [-0.4, -0.2) is 72.9 Å². The van der Waals surface area contributed by atoms with Crippen molar-refractivity contribution in [2.75, 3.05) is 45.1 Å². The lowest BCUT2D eigenvalue weighted by Gasteiger charge is -2.31. The van der Waals surface area contributed by atoms with Crippen molar-refractivity contribution in [1.29, 1.82) is 0 Å². The lowest BCUT2D eigenvalue weighted by atomic mass is 10.1. The van der Waals surface area contributed by atoms with Crippen LogP contribution in [0.25, 0.3) is 22.2 Å². The minimum absolute atomic E-state index is 0.168. The maximum atomic E-state index is 13.6. The van der Waals surface area contributed by atoms with E-state index in [0.29, 0.717) is 48.8 Å². The first kappa shape index (κ1) is 26.7. The van der Waals surface area contributed by atoms with E-state index in [4.69, 9.17) is 4.74 Å². The van der Waals surface area contributed by atoms with Gasteiger partial charge < -0.3 is 14.6 Å². The van der Waals surface area contributed by atoms with Crippen molar-refractivity contribution in [3.63, 3.8) is 0 Å². The summed E-state index contributed by atoms with van der Waals surface area (Å²) in [7, 11) is -0.535. The van der Waals surface area contributed by atoms with E-state index >= 15 is 0 Å². The van der Waals surface area contributed by atoms with Crippen LogP contribution in [0.3, 0.4) is 0 Å². The molecule has 39 heavy (non-hydrogen) atoms. The molecule has 0 amide bonds. The van der Waals surface area contributed by atoms with Crippen LogP contribution in [0.1, 0.15) is 11.4 Å². The highest BCUT2D eigenvalue weighted by molar-refractivity contribution is 7.90. The minimum Gasteiger partial charge on any atom is -0.495 e. The number of likely N-dealkylation sites (N-methyl/N-ethyl adjacent to an activating group) is 1. The summed E-state index contributed by atoms with van der Waals surface area (Å²) in [6.07, 6.45) is 1.75. The van der Waals surface area contributed by atoms with Gasteiger partial charge in [-0.15, -0.1) is 0 Å². The van der Waals surface area contributed by atoms with Crippen LogP contribution in [0.15, 0.2) is 53.5 Å². The SMILES string of the molecule is COc1cc2c(=O)[nH]c(Cc3ccc(-c4cc(F)cc(F)c4)nc3)nc2cc1NS(=O)(=O)N1CCN(C)CC1. The highest BCUT2D eigenvalue weighted by Gasteiger charge is 2.27. The number of piperazine rings is 1. The van der Waals surface area contributed by atoms with Gasteiger partial charge in [0.25, 0.3) is 5.56 Å². The molecule has 2 aromatic heterocycles. The molecule has 0 atom stereocenters. The second-order valence-corrected chi connectivity index (χ2v) is 10.9. The Balaban J connectivity index is 1.41. The van der Waals surface area contributed by atoms with Gasteiger partial charge in [0, 0.05) is 50.4 Å². The third-order valence-corrected chi connectivity index (χ3v) is 7.99. The van der Waals surface area contributed by atoms with E-state index < -0.39 is 27.4 Å². The van der Waals surface area contributed by atoms with Gasteiger partial charge in [0.2, 0.25) is 0 Å². The molecule has 1 fully saturated rings. The molecule has 0 aliphatic carbocycles. The molecule has 0 saturated carbocycles. The third-order valence-electron chi connectivity index (χ3n) is 6.47. The van der Waals surface area contributed by atoms with Gasteiger partial charge in [-0.3, -0.25) is 14.5 Å². The first-order valence-electron chi connectivity index (χ1n) is 12.1. The van der Waals surface area contributed by atoms with Crippen molar-refractivity contribution in [2.45, 2.75) is 6.42 Å². The third kappa shape index (κ3) is 5.90. The second-order valence-electron chi connectivity index (χ2n) is 9.28. The standard InChI is InChI=1S/C26H26F2N6O4S/c1-33-5-7-34(8-6-33)39(36,37)32-23-14-22-20(13-24(23)38-2)26(35)31-25(30-22)9-16-3-4-21(29-15-16)17-10-18(27)12-19(28)11-17/h3-4,10-15,32H,5-9H2,1-2H3,(H,30,31,35). The topological polar surface area (TPSA) is 121 Å². The van der Waals surface area contributed by atoms with Gasteiger partial charge in [-0.2, -0.15) is 12.7 Å². The van der Waals surface area contributed by atoms with E-state index in [1.54, 1.807) is 12.1 Å². The summed E-state index contributed by atoms with van der Waals surface area (Å²) in [6, 6.07) is 9.44. The molecule has 0 bridgehead atoms. The number of aromatic amines is 1. The predicted molar refractivity (Wildman–Crippen MR) is 143 cm³/mol. The Morgan fingerprint density at radius 1 is 1.05 bits per heavy atom. The van der Waals surface area contributed by atoms with E-state index in [-0.39, 0.29) is 28.8 Å². The average Bonchev–Trinajstić information content (AvgIpc) is 2.88. The number of halogens is 2. The Morgan fingerprint density at radius 2 is 1.77 bits per heavy atom. The van der Waals surface area contributed by atoms with Crippen LogP contribution in [0.4, 0.5) is 14.5 Å². The number of nitrogens with one attached hydrogen (secondary N) is 2. The van der Waals surface area contributed by atoms with Crippen LogP contribution in [0.2, 0.25) is 0 Å². The van der Waals surface area contributed by atoms with Crippen LogP contribution in [0, 0.1) is 11.6 Å². The molecule has 10 nitrogen and oxygen atoms in total. The summed E-state index contributed by atoms with van der Waals surface area (Å²) >= 11 is 0. The lowest BCUT2D eigenvalue weighted by molar-refractivity contribution is 0.223. The summed E-state index contributed by atoms with van der Waals surface area (Å²) in [4.78, 5) is 26.4. The number of pyridine rings is 1. The molecule has 204 valence electrons. The number of benzene rings is 2. The van der Waals surface area contributed by atoms with Gasteiger partial charge in [-0.05, 0) is 42.9 Å². The van der Waals surface area contributed by atoms with Crippen molar-refractivity contribution in [2.24, 2.45) is 0 Å². The number of hydrogen-bond donors (Lipinski definition) is 2. The molecular weight excluding hydrogens is 530 g/mol. The molecule has 1 saturated heterocycles. The molecule has 0 spiro atoms. The van der Waals surface area contributed by atoms with Crippen LogP contribution < -0.4 is 15.0 Å². The summed E-state index contributed by atoms with van der Waals surface area (Å²) in [5.41, 5.74) is 1.43. The molecule has 2 aromatic carbocycles. The maximum Gasteiger partial charge on any atom is 0.301 e. The number of nitrogens with zero attached hydrogens (tertiary/aromatic N) is 4. The molecule has 1 aliphatic heterocycles. The number of methoxy groups -OCH3 is 1. The monoisotopic (exact) mass is 556 g/mol. The van der Waals surface area contributed by atoms with E-state index in [2.05, 4.69) is 19.7 Å². The fraction of sp³-hybridized carbons (Fsp3) is 0.269. The van der Waals surface area contributed by atoms with E-state index in [9.17, 15) is 22.0 Å². The highest BCUT2D eigenvalue weighted by Crippen LogP contribution is 2.30. The normalized spacial score (nSPS) is 15.0. The number of rotatable bonds is 7. The van der Waals surface area contributed by atoms with Crippen LogP contribution >= 0.6 is 0 Å². The Bertz CT molecular complexity index is 1670. The van der Waals surface area contributed by atoms with E-state index in [1.807, 2.05) is 11.9 Å². The Labute approximate surface area is 223 Å². The molecule has 13 heteroatoms. The molecule has 3 heterocycles. The van der Waals surface area contributed by atoms with Crippen molar-refractivity contribution < 1.29 is 21.9 Å². The maximum absolute atomic E-state index is 13.6. The molecule has 5 rings (SSSR count). The van der Waals surface area contributed by atoms with E-state index in [0.717, 1.165) is 6.07 Å². The molecular formula is C26H26F2N6O4S. The van der Waals surface area contributed by atoms with Crippen LogP contribution in [-0.2, 0) is 16.6 Å². The number of ether oxygens (including phenoxy) is 1. The van der Waals surface area contributed by atoms with Gasteiger partial charge in [0.05, 0.1) is 29.4 Å². The molecule has 0 unspecified atom stereocenters. The quantitative estimate of drug-likeness (QED) is 0.359. The summed E-state index contributed by atoms with van der Waals surface area (Å²) in [5, 5.41) is 0.236. The number of hydrogen-bond acceptors (Lipinski definition) is 7. The summed E-state index contributed by atoms with van der Waals surface area (Å²) in [6.45, 7) is 1.94. The Kier molecular flexibility index (Phi) is 7.30. The van der Waals surface area contributed by atoms with Crippen molar-refractivity contribution >= 4 is 26.8 Å². The number of aromatic nitrogens is 3.